The van der Waals surface area contributed by atoms with Gasteiger partial charge >= 0.3 is 11.9 Å². The van der Waals surface area contributed by atoms with Crippen molar-refractivity contribution < 1.29 is 29.4 Å². The fourth-order valence-corrected chi connectivity index (χ4v) is 1.58. The van der Waals surface area contributed by atoms with E-state index in [9.17, 15) is 19.2 Å². The summed E-state index contributed by atoms with van der Waals surface area (Å²) in [5.74, 6) is -3.89. The van der Waals surface area contributed by atoms with Crippen molar-refractivity contribution in [2.75, 3.05) is 18.8 Å². The zero-order valence-corrected chi connectivity index (χ0v) is 12.1. The molecule has 0 aromatic rings. The quantitative estimate of drug-likeness (QED) is 0.255. The van der Waals surface area contributed by atoms with Gasteiger partial charge in [-0.1, -0.05) is 0 Å². The van der Waals surface area contributed by atoms with E-state index in [4.69, 9.17) is 15.9 Å². The Labute approximate surface area is 126 Å². The fraction of sp³-hybridized carbons (Fsp3) is 0.636. The summed E-state index contributed by atoms with van der Waals surface area (Å²) in [7, 11) is 0. The number of nitrogens with one attached hydrogen (secondary N) is 2. The van der Waals surface area contributed by atoms with Crippen molar-refractivity contribution >= 4 is 36.4 Å². The predicted octanol–water partition coefficient (Wildman–Crippen LogP) is -1.96. The Bertz CT molecular complexity index is 403. The number of carboxylic acids is 2. The average Bonchev–Trinajstić information content (AvgIpc) is 2.42. The monoisotopic (exact) mass is 321 g/mol. The van der Waals surface area contributed by atoms with Gasteiger partial charge in [-0.05, 0) is 6.42 Å². The minimum absolute atomic E-state index is 0.0160. The maximum atomic E-state index is 11.6. The summed E-state index contributed by atoms with van der Waals surface area (Å²) in [6, 6.07) is -1.12. The van der Waals surface area contributed by atoms with Crippen LogP contribution in [0.25, 0.3) is 0 Å². The van der Waals surface area contributed by atoms with Crippen LogP contribution in [-0.4, -0.2) is 58.9 Å². The smallest absolute Gasteiger partial charge is 0.322 e. The summed E-state index contributed by atoms with van der Waals surface area (Å²) >= 11 is 3.96. The Balaban J connectivity index is 4.09. The highest BCUT2D eigenvalue weighted by Crippen LogP contribution is 2.00. The Kier molecular flexibility index (Phi) is 9.13. The molecular weight excluding hydrogens is 302 g/mol. The van der Waals surface area contributed by atoms with E-state index in [0.29, 0.717) is 0 Å². The molecule has 0 aromatic heterocycles. The third-order valence-corrected chi connectivity index (χ3v) is 2.99. The second kappa shape index (κ2) is 10.00. The second-order valence-corrected chi connectivity index (χ2v) is 4.64. The van der Waals surface area contributed by atoms with E-state index in [2.05, 4.69) is 23.3 Å². The molecule has 0 rings (SSSR count). The van der Waals surface area contributed by atoms with Crippen molar-refractivity contribution in [2.24, 2.45) is 11.7 Å². The van der Waals surface area contributed by atoms with Crippen molar-refractivity contribution in [3.8, 4) is 0 Å². The molecule has 0 saturated carbocycles. The first kappa shape index (κ1) is 19.2. The van der Waals surface area contributed by atoms with Gasteiger partial charge in [-0.25, -0.2) is 0 Å². The molecule has 0 bridgehead atoms. The van der Waals surface area contributed by atoms with Gasteiger partial charge < -0.3 is 26.6 Å². The number of hydrogen-bond donors (Lipinski definition) is 6. The summed E-state index contributed by atoms with van der Waals surface area (Å²) in [5.41, 5.74) is 5.25. The van der Waals surface area contributed by atoms with Crippen LogP contribution in [0.4, 0.5) is 0 Å². The molecule has 0 aliphatic rings. The van der Waals surface area contributed by atoms with E-state index in [1.807, 2.05) is 0 Å². The summed E-state index contributed by atoms with van der Waals surface area (Å²) in [6.07, 6.45) is -0.0958. The van der Waals surface area contributed by atoms with Crippen LogP contribution in [0.5, 0.6) is 0 Å². The lowest BCUT2D eigenvalue weighted by atomic mass is 10.1. The Morgan fingerprint density at radius 2 is 1.76 bits per heavy atom. The maximum Gasteiger partial charge on any atom is 0.322 e. The second-order valence-electron chi connectivity index (χ2n) is 4.28. The molecule has 0 fully saturated rings. The van der Waals surface area contributed by atoms with Gasteiger partial charge in [0.1, 0.15) is 12.6 Å². The zero-order chi connectivity index (χ0) is 16.4. The van der Waals surface area contributed by atoms with Gasteiger partial charge in [-0.15, -0.1) is 0 Å². The van der Waals surface area contributed by atoms with Crippen molar-refractivity contribution in [1.29, 1.82) is 0 Å². The molecule has 6 N–H and O–H groups in total. The molecule has 2 unspecified atom stereocenters. The van der Waals surface area contributed by atoms with E-state index in [0.717, 1.165) is 0 Å². The largest absolute Gasteiger partial charge is 0.480 e. The molecule has 0 radical (unpaired) electrons. The lowest BCUT2D eigenvalue weighted by molar-refractivity contribution is -0.139. The molecule has 0 heterocycles. The van der Waals surface area contributed by atoms with Gasteiger partial charge in [-0.2, -0.15) is 12.6 Å². The van der Waals surface area contributed by atoms with Crippen LogP contribution in [0.2, 0.25) is 0 Å². The van der Waals surface area contributed by atoms with E-state index in [1.54, 1.807) is 0 Å². The normalized spacial score (nSPS) is 13.0. The summed E-state index contributed by atoms with van der Waals surface area (Å²) < 4.78 is 0. The number of hydrogen-bond acceptors (Lipinski definition) is 6. The minimum Gasteiger partial charge on any atom is -0.480 e. The molecule has 2 atom stereocenters. The predicted molar refractivity (Wildman–Crippen MR) is 75.8 cm³/mol. The maximum absolute atomic E-state index is 11.6. The zero-order valence-electron chi connectivity index (χ0n) is 11.2. The lowest BCUT2D eigenvalue weighted by Gasteiger charge is -2.15. The topological polar surface area (TPSA) is 159 Å². The van der Waals surface area contributed by atoms with E-state index < -0.39 is 42.3 Å². The van der Waals surface area contributed by atoms with Gasteiger partial charge in [0.25, 0.3) is 0 Å². The van der Waals surface area contributed by atoms with Crippen LogP contribution in [-0.2, 0) is 19.2 Å². The number of thiol groups is 1. The fourth-order valence-electron chi connectivity index (χ4n) is 1.28. The number of carbonyl (C=O) groups is 4. The van der Waals surface area contributed by atoms with Gasteiger partial charge in [0.2, 0.25) is 11.8 Å². The Hall–Kier alpha value is -1.81. The third-order valence-electron chi connectivity index (χ3n) is 2.55. The summed E-state index contributed by atoms with van der Waals surface area (Å²) in [6.45, 7) is -0.527. The first-order chi connectivity index (χ1) is 9.77. The summed E-state index contributed by atoms with van der Waals surface area (Å²) in [4.78, 5) is 43.8. The van der Waals surface area contributed by atoms with Crippen LogP contribution in [0.1, 0.15) is 12.8 Å². The van der Waals surface area contributed by atoms with Crippen LogP contribution < -0.4 is 16.4 Å². The number of nitrogens with two attached hydrogens (primary N) is 1. The van der Waals surface area contributed by atoms with Gasteiger partial charge in [0, 0.05) is 18.7 Å². The summed E-state index contributed by atoms with van der Waals surface area (Å²) in [5, 5.41) is 21.6. The minimum atomic E-state index is -1.19. The van der Waals surface area contributed by atoms with E-state index in [1.165, 1.54) is 0 Å². The number of carbonyl (C=O) groups excluding carboxylic acids is 2. The average molecular weight is 321 g/mol. The number of rotatable bonds is 10. The highest BCUT2D eigenvalue weighted by Gasteiger charge is 2.19. The molecule has 0 aliphatic heterocycles. The van der Waals surface area contributed by atoms with Crippen LogP contribution in [0, 0.1) is 5.92 Å². The molecule has 10 heteroatoms. The van der Waals surface area contributed by atoms with Gasteiger partial charge in [0.05, 0.1) is 5.92 Å². The Morgan fingerprint density at radius 1 is 1.14 bits per heavy atom. The first-order valence-electron chi connectivity index (χ1n) is 6.13. The highest BCUT2D eigenvalue weighted by molar-refractivity contribution is 7.80. The first-order valence-corrected chi connectivity index (χ1v) is 6.76. The lowest BCUT2D eigenvalue weighted by Crippen LogP contribution is -2.41. The van der Waals surface area contributed by atoms with Crippen LogP contribution in [0.15, 0.2) is 0 Å². The van der Waals surface area contributed by atoms with Crippen molar-refractivity contribution in [2.45, 2.75) is 18.9 Å². The van der Waals surface area contributed by atoms with Crippen LogP contribution >= 0.6 is 12.6 Å². The molecular formula is C11H19N3O6S. The number of aliphatic carboxylic acids is 2. The molecule has 2 amide bonds. The van der Waals surface area contributed by atoms with Gasteiger partial charge in [-0.3, -0.25) is 19.2 Å². The van der Waals surface area contributed by atoms with Gasteiger partial charge in [0.15, 0.2) is 0 Å². The Morgan fingerprint density at radius 3 is 2.24 bits per heavy atom. The van der Waals surface area contributed by atoms with Crippen molar-refractivity contribution in [3.63, 3.8) is 0 Å². The molecule has 0 saturated heterocycles. The van der Waals surface area contributed by atoms with E-state index >= 15 is 0 Å². The van der Waals surface area contributed by atoms with Crippen molar-refractivity contribution in [3.05, 3.63) is 0 Å². The molecule has 120 valence electrons. The highest BCUT2D eigenvalue weighted by atomic mass is 32.1. The molecule has 0 aliphatic carbocycles. The number of amides is 2. The SMILES string of the molecule is NC(CCC(=O)NCC(CS)C(=O)NCC(=O)O)C(=O)O. The molecule has 0 aromatic carbocycles. The van der Waals surface area contributed by atoms with E-state index in [-0.39, 0.29) is 25.1 Å². The van der Waals surface area contributed by atoms with Crippen molar-refractivity contribution in [1.82, 2.24) is 10.6 Å². The molecule has 9 nitrogen and oxygen atoms in total. The molecule has 0 spiro atoms. The third kappa shape index (κ3) is 8.87. The number of carboxylic acid groups (broad SMARTS) is 2. The van der Waals surface area contributed by atoms with Crippen LogP contribution in [0.3, 0.4) is 0 Å². The standard InChI is InChI=1S/C11H19N3O6S/c12-7(11(19)20)1-2-8(15)13-3-6(5-21)10(18)14-4-9(16)17/h6-7,21H,1-5,12H2,(H,13,15)(H,14,18)(H,16,17)(H,19,20). The molecule has 21 heavy (non-hydrogen) atoms.